The third kappa shape index (κ3) is 3.92. The molecule has 0 radical (unpaired) electrons. The largest absolute Gasteiger partial charge is 0.360 e. The van der Waals surface area contributed by atoms with E-state index >= 15 is 0 Å². The molecule has 0 aliphatic heterocycles. The maximum absolute atomic E-state index is 12.4. The molecule has 19 heavy (non-hydrogen) atoms. The molecule has 0 unspecified atom stereocenters. The fraction of sp³-hybridized carbons (Fsp3) is 0.727. The Morgan fingerprint density at radius 1 is 1.37 bits per heavy atom. The van der Waals surface area contributed by atoms with Crippen LogP contribution in [-0.2, 0) is 10.0 Å². The molecule has 0 aromatic carbocycles. The Morgan fingerprint density at radius 2 is 1.89 bits per heavy atom. The highest BCUT2D eigenvalue weighted by atomic mass is 35.5. The quantitative estimate of drug-likeness (QED) is 0.885. The summed E-state index contributed by atoms with van der Waals surface area (Å²) in [4.78, 5) is 0.151. The number of sulfonamides is 1. The first-order valence-electron chi connectivity index (χ1n) is 5.71. The van der Waals surface area contributed by atoms with E-state index in [-0.39, 0.29) is 22.7 Å². The van der Waals surface area contributed by atoms with E-state index in [4.69, 9.17) is 10.3 Å². The van der Waals surface area contributed by atoms with Crippen LogP contribution in [0.5, 0.6) is 0 Å². The van der Waals surface area contributed by atoms with E-state index in [9.17, 15) is 8.42 Å². The van der Waals surface area contributed by atoms with Crippen LogP contribution in [0.15, 0.2) is 9.42 Å². The lowest BCUT2D eigenvalue weighted by molar-refractivity contribution is 0.291. The summed E-state index contributed by atoms with van der Waals surface area (Å²) in [6, 6.07) is 0. The third-order valence-electron chi connectivity index (χ3n) is 2.84. The smallest absolute Gasteiger partial charge is 0.248 e. The van der Waals surface area contributed by atoms with Gasteiger partial charge in [-0.05, 0) is 25.8 Å². The van der Waals surface area contributed by atoms with E-state index < -0.39 is 10.0 Å². The van der Waals surface area contributed by atoms with Gasteiger partial charge in [-0.25, -0.2) is 12.7 Å². The van der Waals surface area contributed by atoms with Crippen molar-refractivity contribution in [2.24, 2.45) is 11.1 Å². The van der Waals surface area contributed by atoms with Crippen molar-refractivity contribution in [3.8, 4) is 0 Å². The number of nitrogens with zero attached hydrogens (tertiary/aromatic N) is 2. The number of hydrogen-bond donors (Lipinski definition) is 1. The summed E-state index contributed by atoms with van der Waals surface area (Å²) in [5.41, 5.74) is 5.73. The molecule has 0 spiro atoms. The molecule has 1 rings (SSSR count). The van der Waals surface area contributed by atoms with Gasteiger partial charge in [-0.1, -0.05) is 19.0 Å². The van der Waals surface area contributed by atoms with Crippen LogP contribution in [-0.4, -0.2) is 38.0 Å². The van der Waals surface area contributed by atoms with E-state index in [1.807, 2.05) is 13.8 Å². The third-order valence-corrected chi connectivity index (χ3v) is 4.89. The molecule has 0 aliphatic carbocycles. The molecule has 2 N–H and O–H groups in total. The molecule has 8 heteroatoms. The number of nitrogens with two attached hydrogens (primary N) is 1. The predicted molar refractivity (Wildman–Crippen MR) is 75.9 cm³/mol. The number of aryl methyl sites for hydroxylation is 2. The van der Waals surface area contributed by atoms with E-state index in [2.05, 4.69) is 5.16 Å². The van der Waals surface area contributed by atoms with Gasteiger partial charge in [0.1, 0.15) is 10.6 Å². The van der Waals surface area contributed by atoms with Crippen molar-refractivity contribution in [1.82, 2.24) is 9.46 Å². The normalized spacial score (nSPS) is 12.6. The Kier molecular flexibility index (Phi) is 6.01. The summed E-state index contributed by atoms with van der Waals surface area (Å²) in [5.74, 6) is 0.310. The lowest BCUT2D eigenvalue weighted by Crippen LogP contribution is -2.40. The standard InChI is InChI=1S/C11H21N3O3S.ClH/c1-8-10(9(2)17-13-8)18(15,16)14(5)7-11(3,4)6-12;/h6-7,12H2,1-5H3;1H. The summed E-state index contributed by atoms with van der Waals surface area (Å²) < 4.78 is 31.0. The van der Waals surface area contributed by atoms with Gasteiger partial charge in [0.05, 0.1) is 0 Å². The fourth-order valence-electron chi connectivity index (χ4n) is 1.75. The van der Waals surface area contributed by atoms with Gasteiger partial charge >= 0.3 is 0 Å². The Morgan fingerprint density at radius 3 is 2.26 bits per heavy atom. The summed E-state index contributed by atoms with van der Waals surface area (Å²) in [7, 11) is -2.04. The molecule has 1 aromatic rings. The van der Waals surface area contributed by atoms with Crippen molar-refractivity contribution < 1.29 is 12.9 Å². The maximum atomic E-state index is 12.4. The highest BCUT2D eigenvalue weighted by Gasteiger charge is 2.31. The van der Waals surface area contributed by atoms with Crippen molar-refractivity contribution in [3.05, 3.63) is 11.5 Å². The predicted octanol–water partition coefficient (Wildman–Crippen LogP) is 1.32. The zero-order chi connectivity index (χ0) is 14.1. The molecule has 1 heterocycles. The van der Waals surface area contributed by atoms with Gasteiger partial charge in [-0.15, -0.1) is 12.4 Å². The summed E-state index contributed by atoms with van der Waals surface area (Å²) >= 11 is 0. The molecular weight excluding hydrogens is 290 g/mol. The molecule has 0 aliphatic rings. The molecule has 0 bridgehead atoms. The minimum absolute atomic E-state index is 0. The zero-order valence-electron chi connectivity index (χ0n) is 11.9. The molecule has 0 saturated heterocycles. The lowest BCUT2D eigenvalue weighted by atomic mass is 9.94. The van der Waals surface area contributed by atoms with E-state index in [0.717, 1.165) is 0 Å². The van der Waals surface area contributed by atoms with Crippen LogP contribution in [0.2, 0.25) is 0 Å². The van der Waals surface area contributed by atoms with Crippen molar-refractivity contribution in [2.45, 2.75) is 32.6 Å². The van der Waals surface area contributed by atoms with Crippen LogP contribution in [0, 0.1) is 19.3 Å². The number of hydrogen-bond acceptors (Lipinski definition) is 5. The number of halogens is 1. The molecule has 0 saturated carbocycles. The average Bonchev–Trinajstić information content (AvgIpc) is 2.58. The first-order chi connectivity index (χ1) is 8.12. The van der Waals surface area contributed by atoms with E-state index in [1.165, 1.54) is 4.31 Å². The van der Waals surface area contributed by atoms with Crippen LogP contribution in [0.1, 0.15) is 25.3 Å². The second-order valence-corrected chi connectivity index (χ2v) is 7.26. The highest BCUT2D eigenvalue weighted by molar-refractivity contribution is 7.89. The molecule has 0 amide bonds. The maximum Gasteiger partial charge on any atom is 0.248 e. The second-order valence-electron chi connectivity index (χ2n) is 5.28. The zero-order valence-corrected chi connectivity index (χ0v) is 13.6. The Hall–Kier alpha value is -0.630. The van der Waals surface area contributed by atoms with E-state index in [0.29, 0.717) is 24.5 Å². The average molecular weight is 312 g/mol. The van der Waals surface area contributed by atoms with Crippen LogP contribution in [0.4, 0.5) is 0 Å². The SMILES string of the molecule is Cc1noc(C)c1S(=O)(=O)N(C)CC(C)(C)CN.Cl. The van der Waals surface area contributed by atoms with Crippen molar-refractivity contribution >= 4 is 22.4 Å². The van der Waals surface area contributed by atoms with Crippen LogP contribution >= 0.6 is 12.4 Å². The Balaban J connectivity index is 0.00000324. The van der Waals surface area contributed by atoms with Gasteiger partial charge in [0.25, 0.3) is 0 Å². The first kappa shape index (κ1) is 18.4. The van der Waals surface area contributed by atoms with Gasteiger partial charge in [0, 0.05) is 13.6 Å². The minimum Gasteiger partial charge on any atom is -0.360 e. The summed E-state index contributed by atoms with van der Waals surface area (Å²) in [6.07, 6.45) is 0. The Bertz CT molecular complexity index is 506. The number of rotatable bonds is 5. The monoisotopic (exact) mass is 311 g/mol. The van der Waals surface area contributed by atoms with Gasteiger partial charge in [0.2, 0.25) is 10.0 Å². The Labute approximate surface area is 120 Å². The van der Waals surface area contributed by atoms with Gasteiger partial charge in [-0.3, -0.25) is 0 Å². The molecule has 6 nitrogen and oxygen atoms in total. The molecule has 0 atom stereocenters. The van der Waals surface area contributed by atoms with Crippen molar-refractivity contribution in [2.75, 3.05) is 20.1 Å². The second kappa shape index (κ2) is 6.21. The molecule has 0 fully saturated rings. The fourth-order valence-corrected chi connectivity index (χ4v) is 3.39. The van der Waals surface area contributed by atoms with E-state index in [1.54, 1.807) is 20.9 Å². The van der Waals surface area contributed by atoms with Crippen LogP contribution in [0.25, 0.3) is 0 Å². The summed E-state index contributed by atoms with van der Waals surface area (Å²) in [6.45, 7) is 7.81. The molecule has 112 valence electrons. The topological polar surface area (TPSA) is 89.4 Å². The van der Waals surface area contributed by atoms with Crippen molar-refractivity contribution in [3.63, 3.8) is 0 Å². The van der Waals surface area contributed by atoms with Crippen LogP contribution in [0.3, 0.4) is 0 Å². The summed E-state index contributed by atoms with van der Waals surface area (Å²) in [5, 5.41) is 3.68. The molecular formula is C11H22ClN3O3S. The minimum atomic E-state index is -3.58. The van der Waals surface area contributed by atoms with Crippen LogP contribution < -0.4 is 5.73 Å². The van der Waals surface area contributed by atoms with Gasteiger partial charge < -0.3 is 10.3 Å². The number of aromatic nitrogens is 1. The highest BCUT2D eigenvalue weighted by Crippen LogP contribution is 2.25. The van der Waals surface area contributed by atoms with Crippen molar-refractivity contribution in [1.29, 1.82) is 0 Å². The lowest BCUT2D eigenvalue weighted by Gasteiger charge is -2.28. The molecule has 1 aromatic heterocycles. The van der Waals surface area contributed by atoms with Gasteiger partial charge in [0.15, 0.2) is 5.76 Å². The first-order valence-corrected chi connectivity index (χ1v) is 7.15. The van der Waals surface area contributed by atoms with Gasteiger partial charge in [-0.2, -0.15) is 0 Å².